The highest BCUT2D eigenvalue weighted by molar-refractivity contribution is 5.75. The first-order valence-electron chi connectivity index (χ1n) is 8.90. The molecule has 0 aliphatic rings. The van der Waals surface area contributed by atoms with Gasteiger partial charge in [-0.25, -0.2) is 4.98 Å². The minimum Gasteiger partial charge on any atom is -0.491 e. The monoisotopic (exact) mass is 338 g/mol. The van der Waals surface area contributed by atoms with Crippen LogP contribution in [0.5, 0.6) is 5.75 Å². The molecule has 1 atom stereocenters. The molecule has 0 fully saturated rings. The molecule has 0 spiro atoms. The number of aliphatic hydroxyl groups excluding tert-OH is 1. The zero-order valence-corrected chi connectivity index (χ0v) is 15.2. The van der Waals surface area contributed by atoms with Crippen LogP contribution >= 0.6 is 0 Å². The zero-order chi connectivity index (χ0) is 17.8. The fraction of sp³-hybridized carbons (Fsp3) is 0.381. The molecule has 4 nitrogen and oxygen atoms in total. The van der Waals surface area contributed by atoms with Crippen molar-refractivity contribution in [3.63, 3.8) is 0 Å². The molecule has 0 amide bonds. The molecule has 2 aromatic carbocycles. The first-order chi connectivity index (χ1) is 12.1. The van der Waals surface area contributed by atoms with Crippen molar-refractivity contribution in [3.05, 3.63) is 59.4 Å². The largest absolute Gasteiger partial charge is 0.491 e. The number of aromatic nitrogens is 2. The first-order valence-corrected chi connectivity index (χ1v) is 8.90. The van der Waals surface area contributed by atoms with Crippen LogP contribution in [0, 0.1) is 13.8 Å². The zero-order valence-electron chi connectivity index (χ0n) is 15.2. The van der Waals surface area contributed by atoms with E-state index in [4.69, 9.17) is 9.72 Å². The Morgan fingerprint density at radius 1 is 1.12 bits per heavy atom. The number of ether oxygens (including phenoxy) is 1. The summed E-state index contributed by atoms with van der Waals surface area (Å²) < 4.78 is 7.90. The summed E-state index contributed by atoms with van der Waals surface area (Å²) in [6.07, 6.45) is 1.34. The molecule has 1 aromatic heterocycles. The number of nitrogens with zero attached hydrogens (tertiary/aromatic N) is 2. The summed E-state index contributed by atoms with van der Waals surface area (Å²) in [4.78, 5) is 4.71. The molecule has 1 heterocycles. The Bertz CT molecular complexity index is 854. The van der Waals surface area contributed by atoms with E-state index >= 15 is 0 Å². The van der Waals surface area contributed by atoms with Crippen molar-refractivity contribution in [3.8, 4) is 5.75 Å². The van der Waals surface area contributed by atoms with Gasteiger partial charge in [0.25, 0.3) is 0 Å². The third-order valence-electron chi connectivity index (χ3n) is 4.52. The fourth-order valence-electron chi connectivity index (χ4n) is 3.00. The number of hydrogen-bond donors (Lipinski definition) is 1. The number of aliphatic hydroxyl groups is 1. The maximum atomic E-state index is 10.5. The summed E-state index contributed by atoms with van der Waals surface area (Å²) in [5.41, 5.74) is 4.48. The molecule has 0 aliphatic heterocycles. The second-order valence-corrected chi connectivity index (χ2v) is 6.59. The summed E-state index contributed by atoms with van der Waals surface area (Å²) in [7, 11) is 0. The Balaban J connectivity index is 1.71. The molecule has 3 aromatic rings. The van der Waals surface area contributed by atoms with Crippen molar-refractivity contribution in [1.82, 2.24) is 9.55 Å². The van der Waals surface area contributed by atoms with E-state index in [-0.39, 0.29) is 6.61 Å². The van der Waals surface area contributed by atoms with Gasteiger partial charge in [-0.1, -0.05) is 25.1 Å². The molecule has 132 valence electrons. The summed E-state index contributed by atoms with van der Waals surface area (Å²) in [6, 6.07) is 14.1. The molecule has 0 radical (unpaired) electrons. The van der Waals surface area contributed by atoms with E-state index in [0.29, 0.717) is 6.54 Å². The second-order valence-electron chi connectivity index (χ2n) is 6.59. The minimum absolute atomic E-state index is 0.264. The minimum atomic E-state index is -0.588. The molecular weight excluding hydrogens is 312 g/mol. The lowest BCUT2D eigenvalue weighted by Gasteiger charge is -2.16. The maximum absolute atomic E-state index is 10.5. The maximum Gasteiger partial charge on any atom is 0.119 e. The van der Waals surface area contributed by atoms with Crippen LogP contribution in [-0.2, 0) is 13.0 Å². The third kappa shape index (κ3) is 4.02. The van der Waals surface area contributed by atoms with E-state index in [9.17, 15) is 5.11 Å². The molecule has 0 saturated carbocycles. The van der Waals surface area contributed by atoms with Crippen molar-refractivity contribution in [1.29, 1.82) is 0 Å². The molecule has 3 rings (SSSR count). The van der Waals surface area contributed by atoms with Crippen LogP contribution in [0.15, 0.2) is 42.5 Å². The summed E-state index contributed by atoms with van der Waals surface area (Å²) in [5.74, 6) is 1.82. The van der Waals surface area contributed by atoms with Gasteiger partial charge in [-0.2, -0.15) is 0 Å². The molecule has 0 aliphatic carbocycles. The first kappa shape index (κ1) is 17.5. The van der Waals surface area contributed by atoms with Gasteiger partial charge in [-0.3, -0.25) is 0 Å². The smallest absolute Gasteiger partial charge is 0.119 e. The van der Waals surface area contributed by atoms with Gasteiger partial charge < -0.3 is 14.4 Å². The highest BCUT2D eigenvalue weighted by Gasteiger charge is 2.14. The quantitative estimate of drug-likeness (QED) is 0.707. The van der Waals surface area contributed by atoms with Crippen LogP contribution in [0.2, 0.25) is 0 Å². The van der Waals surface area contributed by atoms with Gasteiger partial charge in [-0.05, 0) is 55.7 Å². The Labute approximate surface area is 149 Å². The van der Waals surface area contributed by atoms with Crippen molar-refractivity contribution < 1.29 is 9.84 Å². The Kier molecular flexibility index (Phi) is 5.39. The third-order valence-corrected chi connectivity index (χ3v) is 4.52. The molecule has 0 unspecified atom stereocenters. The van der Waals surface area contributed by atoms with Gasteiger partial charge in [0.15, 0.2) is 0 Å². The Hall–Kier alpha value is -2.33. The van der Waals surface area contributed by atoms with E-state index in [2.05, 4.69) is 31.4 Å². The molecule has 0 bridgehead atoms. The Morgan fingerprint density at radius 3 is 2.68 bits per heavy atom. The average Bonchev–Trinajstić information content (AvgIpc) is 2.94. The number of benzene rings is 2. The van der Waals surface area contributed by atoms with E-state index in [1.165, 1.54) is 11.1 Å². The number of imidazole rings is 1. The summed E-state index contributed by atoms with van der Waals surface area (Å²) in [6.45, 7) is 7.03. The predicted molar refractivity (Wildman–Crippen MR) is 101 cm³/mol. The van der Waals surface area contributed by atoms with Gasteiger partial charge >= 0.3 is 0 Å². The van der Waals surface area contributed by atoms with Crippen LogP contribution in [0.4, 0.5) is 0 Å². The number of fused-ring (bicyclic) bond motifs is 1. The van der Waals surface area contributed by atoms with Gasteiger partial charge in [0, 0.05) is 6.42 Å². The molecule has 4 heteroatoms. The van der Waals surface area contributed by atoms with Crippen LogP contribution in [-0.4, -0.2) is 27.4 Å². The van der Waals surface area contributed by atoms with Gasteiger partial charge in [0.05, 0.1) is 17.6 Å². The van der Waals surface area contributed by atoms with E-state index < -0.39 is 6.10 Å². The lowest BCUT2D eigenvalue weighted by molar-refractivity contribution is 0.0927. The molecule has 1 N–H and O–H groups in total. The van der Waals surface area contributed by atoms with Crippen LogP contribution in [0.1, 0.15) is 30.3 Å². The highest BCUT2D eigenvalue weighted by atomic mass is 16.5. The number of para-hydroxylation sites is 2. The van der Waals surface area contributed by atoms with Crippen LogP contribution in [0.3, 0.4) is 0 Å². The molecule has 25 heavy (non-hydrogen) atoms. The number of rotatable bonds is 7. The van der Waals surface area contributed by atoms with Gasteiger partial charge in [0.1, 0.15) is 24.3 Å². The standard InChI is InChI=1S/C21H26N2O2/c1-4-7-21-22-19-8-5-6-9-20(19)23(21)13-17(24)14-25-18-11-10-15(2)16(3)12-18/h5-6,8-12,17,24H,4,7,13-14H2,1-3H3/t17-/m0/s1. The van der Waals surface area contributed by atoms with E-state index in [1.54, 1.807) is 0 Å². The normalized spacial score (nSPS) is 12.5. The topological polar surface area (TPSA) is 47.3 Å². The number of hydrogen-bond acceptors (Lipinski definition) is 3. The van der Waals surface area contributed by atoms with Crippen molar-refractivity contribution >= 4 is 11.0 Å². The lowest BCUT2D eigenvalue weighted by atomic mass is 10.1. The average molecular weight is 338 g/mol. The highest BCUT2D eigenvalue weighted by Crippen LogP contribution is 2.19. The molecule has 0 saturated heterocycles. The van der Waals surface area contributed by atoms with Crippen LogP contribution < -0.4 is 4.74 Å². The number of aryl methyl sites for hydroxylation is 3. The lowest BCUT2D eigenvalue weighted by Crippen LogP contribution is -2.24. The molecular formula is C21H26N2O2. The van der Waals surface area contributed by atoms with Gasteiger partial charge in [-0.15, -0.1) is 0 Å². The predicted octanol–water partition coefficient (Wildman–Crippen LogP) is 4.05. The van der Waals surface area contributed by atoms with E-state index in [1.807, 2.05) is 36.4 Å². The van der Waals surface area contributed by atoms with Crippen LogP contribution in [0.25, 0.3) is 11.0 Å². The van der Waals surface area contributed by atoms with Crippen molar-refractivity contribution in [2.24, 2.45) is 0 Å². The second kappa shape index (κ2) is 7.70. The van der Waals surface area contributed by atoms with E-state index in [0.717, 1.165) is 35.4 Å². The Morgan fingerprint density at radius 2 is 1.92 bits per heavy atom. The van der Waals surface area contributed by atoms with Crippen molar-refractivity contribution in [2.75, 3.05) is 6.61 Å². The van der Waals surface area contributed by atoms with Crippen molar-refractivity contribution in [2.45, 2.75) is 46.3 Å². The summed E-state index contributed by atoms with van der Waals surface area (Å²) >= 11 is 0. The van der Waals surface area contributed by atoms with Gasteiger partial charge in [0.2, 0.25) is 0 Å². The fourth-order valence-corrected chi connectivity index (χ4v) is 3.00. The summed E-state index contributed by atoms with van der Waals surface area (Å²) in [5, 5.41) is 10.5. The SMILES string of the molecule is CCCc1nc2ccccc2n1C[C@H](O)COc1ccc(C)c(C)c1.